The summed E-state index contributed by atoms with van der Waals surface area (Å²) in [5, 5.41) is 47.7. The third-order valence-electron chi connectivity index (χ3n) is 15.4. The first kappa shape index (κ1) is 49.2. The van der Waals surface area contributed by atoms with E-state index >= 15 is 0 Å². The molecule has 5 aliphatic carbocycles. The lowest BCUT2D eigenvalue weighted by atomic mass is 9.44. The van der Waals surface area contributed by atoms with Gasteiger partial charge in [0.2, 0.25) is 23.5 Å². The van der Waals surface area contributed by atoms with Crippen LogP contribution in [0.5, 0.6) is 17.2 Å². The summed E-state index contributed by atoms with van der Waals surface area (Å²) in [4.78, 5) is 108. The first-order valence-corrected chi connectivity index (χ1v) is 23.9. The maximum absolute atomic E-state index is 14.5. The molecule has 2 aromatic carbocycles. The van der Waals surface area contributed by atoms with E-state index in [1.165, 1.54) is 46.3 Å². The van der Waals surface area contributed by atoms with Gasteiger partial charge in [0.25, 0.3) is 17.7 Å². The van der Waals surface area contributed by atoms with Gasteiger partial charge in [-0.25, -0.2) is 0 Å². The van der Waals surface area contributed by atoms with Crippen molar-refractivity contribution < 1.29 is 82.1 Å². The van der Waals surface area contributed by atoms with Crippen molar-refractivity contribution >= 4 is 47.0 Å². The van der Waals surface area contributed by atoms with Crippen molar-refractivity contribution in [3.05, 3.63) is 63.7 Å². The Kier molecular flexibility index (Phi) is 12.3. The molecule has 0 aromatic heterocycles. The summed E-state index contributed by atoms with van der Waals surface area (Å²) in [7, 11) is 2.85. The van der Waals surface area contributed by atoms with Gasteiger partial charge in [0, 0.05) is 91.8 Å². The molecule has 7 N–H and O–H groups in total. The number of ether oxygens (including phenoxy) is 6. The fourth-order valence-electron chi connectivity index (χ4n) is 11.9. The van der Waals surface area contributed by atoms with Crippen molar-refractivity contribution in [3.8, 4) is 17.2 Å². The average molecular weight is 1000 g/mol. The summed E-state index contributed by atoms with van der Waals surface area (Å²) in [5.74, 6) is -6.53. The highest BCUT2D eigenvalue weighted by Gasteiger charge is 2.70. The number of phenolic OH excluding ortho intramolecular Hbond substituents is 2. The maximum atomic E-state index is 14.5. The standard InChI is InChI=1S/C49H56N6O17/c1-21(50-29(56)11-12-55-30(57)9-10-31(55)58)42(63)51-22(2)43(64)52-47-18-48(19-47,20-47)53-46(65)49(66)16-25-34(40(62)36-35(38(25)60)37(59)24-7-6-8-27(67-4)33(24)39(36)61)28(17-49)71-32-15-26-41(23(3)70-32)72-44-45(68-5)69-14-13-54(26)44/h6-10,21-23,26,28,32,41,44-45,60,62,66H,11-20H2,1-5H3,(H,50,56)(H,51,63)(H,52,64)(H,53,65)/t21-,22-,23-,26-,28-,32-,41+,44+,45-,47?,48?,49-/m0/s1. The number of rotatable bonds is 14. The summed E-state index contributed by atoms with van der Waals surface area (Å²) in [6.45, 7) is 5.44. The lowest BCUT2D eigenvalue weighted by Crippen LogP contribution is -2.85. The van der Waals surface area contributed by atoms with Gasteiger partial charge >= 0.3 is 0 Å². The molecule has 0 radical (unpaired) electrons. The van der Waals surface area contributed by atoms with Crippen molar-refractivity contribution in [1.29, 1.82) is 0 Å². The largest absolute Gasteiger partial charge is 0.507 e. The summed E-state index contributed by atoms with van der Waals surface area (Å²) in [6, 6.07) is 2.07. The predicted octanol–water partition coefficient (Wildman–Crippen LogP) is -0.618. The summed E-state index contributed by atoms with van der Waals surface area (Å²) < 4.78 is 36.1. The van der Waals surface area contributed by atoms with Gasteiger partial charge in [0.1, 0.15) is 41.0 Å². The Morgan fingerprint density at radius 1 is 0.875 bits per heavy atom. The molecule has 4 heterocycles. The molecule has 6 amide bonds. The van der Waals surface area contributed by atoms with E-state index in [0.29, 0.717) is 13.2 Å². The van der Waals surface area contributed by atoms with Crippen LogP contribution in [0.1, 0.15) is 108 Å². The molecule has 384 valence electrons. The minimum Gasteiger partial charge on any atom is -0.507 e. The van der Waals surface area contributed by atoms with Crippen LogP contribution in [0.25, 0.3) is 0 Å². The molecule has 72 heavy (non-hydrogen) atoms. The number of amides is 6. The van der Waals surface area contributed by atoms with Crippen LogP contribution in [-0.2, 0) is 58.9 Å². The molecule has 0 spiro atoms. The van der Waals surface area contributed by atoms with E-state index in [1.54, 1.807) is 0 Å². The Hall–Kier alpha value is -6.34. The number of imide groups is 1. The van der Waals surface area contributed by atoms with E-state index in [9.17, 15) is 53.7 Å². The number of aromatic hydroxyl groups is 2. The van der Waals surface area contributed by atoms with Crippen LogP contribution >= 0.6 is 0 Å². The minimum absolute atomic E-state index is 0.0736. The highest BCUT2D eigenvalue weighted by atomic mass is 16.7. The van der Waals surface area contributed by atoms with Gasteiger partial charge in [0.05, 0.1) is 42.6 Å². The highest BCUT2D eigenvalue weighted by Crippen LogP contribution is 2.61. The van der Waals surface area contributed by atoms with Gasteiger partial charge in [-0.3, -0.25) is 48.2 Å². The second-order valence-corrected chi connectivity index (χ2v) is 20.2. The fraction of sp³-hybridized carbons (Fsp3) is 0.551. The second-order valence-electron chi connectivity index (χ2n) is 20.2. The lowest BCUT2D eigenvalue weighted by molar-refractivity contribution is -0.256. The van der Waals surface area contributed by atoms with Crippen molar-refractivity contribution in [2.24, 2.45) is 0 Å². The number of nitrogens with one attached hydrogen (secondary N) is 4. The van der Waals surface area contributed by atoms with Crippen LogP contribution in [0.3, 0.4) is 0 Å². The zero-order valence-corrected chi connectivity index (χ0v) is 40.1. The molecule has 3 saturated heterocycles. The van der Waals surface area contributed by atoms with Crippen LogP contribution in [-0.4, -0.2) is 172 Å². The van der Waals surface area contributed by atoms with Gasteiger partial charge in [-0.1, -0.05) is 12.1 Å². The Bertz CT molecular complexity index is 2710. The molecule has 2 bridgehead atoms. The van der Waals surface area contributed by atoms with Crippen LogP contribution in [0, 0.1) is 0 Å². The molecule has 2 aromatic rings. The number of methoxy groups -OCH3 is 2. The van der Waals surface area contributed by atoms with Crippen molar-refractivity contribution in [2.75, 3.05) is 33.9 Å². The van der Waals surface area contributed by atoms with Crippen molar-refractivity contribution in [2.45, 2.75) is 138 Å². The molecule has 11 rings (SSSR count). The fourth-order valence-corrected chi connectivity index (χ4v) is 11.9. The minimum atomic E-state index is -2.32. The van der Waals surface area contributed by atoms with E-state index in [0.717, 1.165) is 17.1 Å². The molecule has 23 nitrogen and oxygen atoms in total. The van der Waals surface area contributed by atoms with Gasteiger partial charge in [0.15, 0.2) is 24.6 Å². The Balaban J connectivity index is 0.835. The Morgan fingerprint density at radius 3 is 2.25 bits per heavy atom. The highest BCUT2D eigenvalue weighted by molar-refractivity contribution is 6.31. The number of hydrogen-bond acceptors (Lipinski definition) is 18. The smallest absolute Gasteiger partial charge is 0.253 e. The number of benzene rings is 2. The third-order valence-corrected chi connectivity index (χ3v) is 15.4. The van der Waals surface area contributed by atoms with Gasteiger partial charge < -0.3 is 65.0 Å². The van der Waals surface area contributed by atoms with Gasteiger partial charge in [-0.2, -0.15) is 0 Å². The quantitative estimate of drug-likeness (QED) is 0.0782. The number of carbonyl (C=O) groups is 8. The van der Waals surface area contributed by atoms with Crippen LogP contribution in [0.2, 0.25) is 0 Å². The van der Waals surface area contributed by atoms with E-state index < -0.39 is 148 Å². The molecule has 10 atom stereocenters. The molecule has 3 saturated carbocycles. The SMILES string of the molecule is COc1cccc2c1C(=O)c1c(O)c3c(c(O)c1C2=O)C[C@@](O)(C(=O)NC12CC(NC(=O)[C@H](C)NC(=O)[C@H](C)NC(=O)CCN4C(=O)C=CC4=O)(C1)C2)C[C@@H]3O[C@H]1C[C@H]2[C@H](O[C@@H]3[C@@H](OC)OCCN32)[C@H](C)O1. The van der Waals surface area contributed by atoms with Crippen LogP contribution in [0.4, 0.5) is 0 Å². The molecular formula is C49H56N6O17. The molecular weight excluding hydrogens is 945 g/mol. The second kappa shape index (κ2) is 18.0. The lowest BCUT2D eigenvalue weighted by Gasteiger charge is -2.70. The Morgan fingerprint density at radius 2 is 1.56 bits per heavy atom. The summed E-state index contributed by atoms with van der Waals surface area (Å²) in [5.41, 5.74) is -5.31. The number of carbonyl (C=O) groups excluding carboxylic acids is 8. The maximum Gasteiger partial charge on any atom is 0.253 e. The first-order valence-electron chi connectivity index (χ1n) is 23.9. The molecule has 23 heteroatoms. The topological polar surface area (TPSA) is 307 Å². The third kappa shape index (κ3) is 8.10. The Labute approximate surface area is 411 Å². The molecule has 0 unspecified atom stereocenters. The number of ketones is 2. The summed E-state index contributed by atoms with van der Waals surface area (Å²) in [6.07, 6.45) is -2.55. The van der Waals surface area contributed by atoms with E-state index in [1.807, 2.05) is 6.92 Å². The predicted molar refractivity (Wildman–Crippen MR) is 243 cm³/mol. The normalized spacial score (nSPS) is 32.7. The van der Waals surface area contributed by atoms with Crippen LogP contribution in [0.15, 0.2) is 30.4 Å². The van der Waals surface area contributed by atoms with Gasteiger partial charge in [-0.15, -0.1) is 0 Å². The number of nitrogens with zero attached hydrogens (tertiary/aromatic N) is 2. The number of phenols is 2. The number of aliphatic hydroxyl groups is 1. The van der Waals surface area contributed by atoms with Gasteiger partial charge in [-0.05, 0) is 46.1 Å². The number of morpholine rings is 1. The number of fused-ring (bicyclic) bond motifs is 6. The zero-order valence-electron chi connectivity index (χ0n) is 40.1. The molecule has 9 aliphatic rings. The number of hydrogen-bond donors (Lipinski definition) is 7. The van der Waals surface area contributed by atoms with E-state index in [-0.39, 0.29) is 72.7 Å². The van der Waals surface area contributed by atoms with Crippen molar-refractivity contribution in [3.63, 3.8) is 0 Å². The van der Waals surface area contributed by atoms with E-state index in [4.69, 9.17) is 28.4 Å². The van der Waals surface area contributed by atoms with E-state index in [2.05, 4.69) is 26.2 Å². The monoisotopic (exact) mass is 1000 g/mol. The first-order chi connectivity index (χ1) is 34.2. The van der Waals surface area contributed by atoms with Crippen molar-refractivity contribution in [1.82, 2.24) is 31.1 Å². The average Bonchev–Trinajstić information content (AvgIpc) is 3.87. The summed E-state index contributed by atoms with van der Waals surface area (Å²) >= 11 is 0. The zero-order chi connectivity index (χ0) is 51.3. The molecule has 4 aliphatic heterocycles. The molecule has 6 fully saturated rings. The van der Waals surface area contributed by atoms with Crippen LogP contribution < -0.4 is 26.0 Å².